The van der Waals surface area contributed by atoms with Crippen LogP contribution in [0.25, 0.3) is 83.8 Å². The number of benzene rings is 5. The summed E-state index contributed by atoms with van der Waals surface area (Å²) < 4.78 is 2.29. The average molecular weight is 524 g/mol. The van der Waals surface area contributed by atoms with E-state index in [4.69, 9.17) is 9.97 Å². The molecule has 0 aliphatic rings. The van der Waals surface area contributed by atoms with E-state index in [2.05, 4.69) is 127 Å². The Morgan fingerprint density at radius 1 is 0.561 bits per heavy atom. The topological polar surface area (TPSA) is 30.2 Å². The van der Waals surface area contributed by atoms with Crippen molar-refractivity contribution in [3.63, 3.8) is 0 Å². The molecule has 0 bridgehead atoms. The molecule has 3 heteroatoms. The van der Waals surface area contributed by atoms with Gasteiger partial charge >= 0.3 is 0 Å². The van der Waals surface area contributed by atoms with E-state index in [1.165, 1.54) is 16.3 Å². The zero-order chi connectivity index (χ0) is 27.5. The summed E-state index contributed by atoms with van der Waals surface area (Å²) in [5.41, 5.74) is 11.6. The largest absolute Gasteiger partial charge is 0.292 e. The Morgan fingerprint density at radius 2 is 1.29 bits per heavy atom. The minimum Gasteiger partial charge on any atom is -0.292 e. The van der Waals surface area contributed by atoms with Gasteiger partial charge in [0.25, 0.3) is 0 Å². The van der Waals surface area contributed by atoms with E-state index in [0.717, 1.165) is 66.4 Å². The van der Waals surface area contributed by atoms with Crippen LogP contribution in [-0.4, -0.2) is 14.4 Å². The highest BCUT2D eigenvalue weighted by Crippen LogP contribution is 2.35. The molecule has 192 valence electrons. The average Bonchev–Trinajstić information content (AvgIpc) is 3.44. The fourth-order valence-electron chi connectivity index (χ4n) is 6.10. The summed E-state index contributed by atoms with van der Waals surface area (Å²) in [5.74, 6) is 0. The maximum absolute atomic E-state index is 5.03. The normalized spacial score (nSPS) is 11.6. The summed E-state index contributed by atoms with van der Waals surface area (Å²) >= 11 is 0. The molecular formula is C38H25N3. The number of pyridine rings is 2. The molecule has 0 unspecified atom stereocenters. The van der Waals surface area contributed by atoms with E-state index in [1.807, 2.05) is 18.2 Å². The van der Waals surface area contributed by atoms with Crippen molar-refractivity contribution in [1.82, 2.24) is 14.4 Å². The second-order valence-corrected chi connectivity index (χ2v) is 10.4. The molecule has 3 nitrogen and oxygen atoms in total. The highest BCUT2D eigenvalue weighted by molar-refractivity contribution is 6.14. The number of hydrogen-bond donors (Lipinski definition) is 0. The molecule has 8 aromatic rings. The first-order chi connectivity index (χ1) is 20.2. The van der Waals surface area contributed by atoms with Gasteiger partial charge in [0, 0.05) is 27.3 Å². The predicted octanol–water partition coefficient (Wildman–Crippen LogP) is 9.96. The van der Waals surface area contributed by atoms with Crippen molar-refractivity contribution in [2.24, 2.45) is 0 Å². The molecule has 0 spiro atoms. The summed E-state index contributed by atoms with van der Waals surface area (Å²) in [6.45, 7) is 7.96. The number of para-hydroxylation sites is 3. The Kier molecular flexibility index (Phi) is 5.13. The van der Waals surface area contributed by atoms with Crippen LogP contribution in [0.15, 0.2) is 128 Å². The van der Waals surface area contributed by atoms with Gasteiger partial charge in [0.05, 0.1) is 27.8 Å². The van der Waals surface area contributed by atoms with Crippen LogP contribution in [0.5, 0.6) is 0 Å². The van der Waals surface area contributed by atoms with Crippen LogP contribution < -0.4 is 0 Å². The third-order valence-electron chi connectivity index (χ3n) is 8.13. The summed E-state index contributed by atoms with van der Waals surface area (Å²) in [7, 11) is 0. The maximum Gasteiger partial charge on any atom is 0.146 e. The van der Waals surface area contributed by atoms with Crippen molar-refractivity contribution >= 4 is 61.4 Å². The number of imidazole rings is 1. The van der Waals surface area contributed by atoms with E-state index >= 15 is 0 Å². The molecule has 0 fully saturated rings. The highest BCUT2D eigenvalue weighted by atomic mass is 15.0. The lowest BCUT2D eigenvalue weighted by molar-refractivity contribution is 1.31. The zero-order valence-electron chi connectivity index (χ0n) is 22.4. The molecule has 8 rings (SSSR count). The first-order valence-corrected chi connectivity index (χ1v) is 13.7. The molecule has 0 aliphatic heterocycles. The van der Waals surface area contributed by atoms with Gasteiger partial charge in [-0.05, 0) is 58.5 Å². The van der Waals surface area contributed by atoms with E-state index < -0.39 is 0 Å². The number of hydrogen-bond acceptors (Lipinski definition) is 2. The summed E-state index contributed by atoms with van der Waals surface area (Å²) in [6.07, 6.45) is 3.72. The molecule has 0 saturated heterocycles. The number of fused-ring (bicyclic) bond motifs is 9. The molecule has 3 heterocycles. The SMILES string of the molecule is C=Cc1ccc2ccc(-c3ccc(-c4ccc5c(c4)c4ccccc4n4c6ccccc6nc54)cc3)nc2c1C=C. The predicted molar refractivity (Wildman–Crippen MR) is 174 cm³/mol. The zero-order valence-corrected chi connectivity index (χ0v) is 22.4. The van der Waals surface area contributed by atoms with Gasteiger partial charge in [-0.3, -0.25) is 4.40 Å². The van der Waals surface area contributed by atoms with Crippen molar-refractivity contribution in [2.45, 2.75) is 0 Å². The molecule has 0 amide bonds. The van der Waals surface area contributed by atoms with Gasteiger partial charge in [0.15, 0.2) is 0 Å². The maximum atomic E-state index is 5.03. The van der Waals surface area contributed by atoms with Crippen molar-refractivity contribution in [1.29, 1.82) is 0 Å². The lowest BCUT2D eigenvalue weighted by Crippen LogP contribution is -1.92. The summed E-state index contributed by atoms with van der Waals surface area (Å²) in [6, 6.07) is 40.7. The van der Waals surface area contributed by atoms with Gasteiger partial charge in [0.1, 0.15) is 5.65 Å². The first kappa shape index (κ1) is 23.4. The van der Waals surface area contributed by atoms with E-state index in [1.54, 1.807) is 0 Å². The van der Waals surface area contributed by atoms with Crippen molar-refractivity contribution in [3.8, 4) is 22.4 Å². The molecular weight excluding hydrogens is 498 g/mol. The third kappa shape index (κ3) is 3.53. The van der Waals surface area contributed by atoms with Gasteiger partial charge in [0.2, 0.25) is 0 Å². The van der Waals surface area contributed by atoms with Crippen molar-refractivity contribution in [3.05, 3.63) is 140 Å². The van der Waals surface area contributed by atoms with Crippen LogP contribution in [0.4, 0.5) is 0 Å². The number of rotatable bonds is 4. The van der Waals surface area contributed by atoms with Gasteiger partial charge in [-0.15, -0.1) is 0 Å². The van der Waals surface area contributed by atoms with Crippen LogP contribution in [0.2, 0.25) is 0 Å². The Hall–Kier alpha value is -5.54. The lowest BCUT2D eigenvalue weighted by Gasteiger charge is -2.11. The summed E-state index contributed by atoms with van der Waals surface area (Å²) in [4.78, 5) is 10.1. The molecule has 0 saturated carbocycles. The molecule has 5 aromatic carbocycles. The van der Waals surface area contributed by atoms with E-state index in [-0.39, 0.29) is 0 Å². The Balaban J connectivity index is 1.26. The van der Waals surface area contributed by atoms with Gasteiger partial charge in [-0.2, -0.15) is 0 Å². The van der Waals surface area contributed by atoms with Crippen LogP contribution in [0, 0.1) is 0 Å². The number of nitrogens with zero attached hydrogens (tertiary/aromatic N) is 3. The van der Waals surface area contributed by atoms with Crippen LogP contribution in [0.3, 0.4) is 0 Å². The standard InChI is InChI=1S/C38H25N3/c1-3-24-13-18-27-20-22-33(39-37(27)29(24)4-2)26-16-14-25(15-17-26)28-19-21-31-32(23-28)30-9-5-7-11-35(30)41-36-12-8-6-10-34(36)40-38(31)41/h3-23H,1-2H2. The minimum absolute atomic E-state index is 0.937. The van der Waals surface area contributed by atoms with E-state index in [0.29, 0.717) is 0 Å². The summed E-state index contributed by atoms with van der Waals surface area (Å²) in [5, 5.41) is 4.66. The van der Waals surface area contributed by atoms with Crippen LogP contribution in [0.1, 0.15) is 11.1 Å². The smallest absolute Gasteiger partial charge is 0.146 e. The first-order valence-electron chi connectivity index (χ1n) is 13.7. The van der Waals surface area contributed by atoms with Gasteiger partial charge in [-0.1, -0.05) is 104 Å². The highest BCUT2D eigenvalue weighted by Gasteiger charge is 2.14. The van der Waals surface area contributed by atoms with Crippen LogP contribution in [-0.2, 0) is 0 Å². The third-order valence-corrected chi connectivity index (χ3v) is 8.13. The molecule has 41 heavy (non-hydrogen) atoms. The monoisotopic (exact) mass is 523 g/mol. The number of aromatic nitrogens is 3. The van der Waals surface area contributed by atoms with Crippen molar-refractivity contribution < 1.29 is 0 Å². The minimum atomic E-state index is 0.937. The van der Waals surface area contributed by atoms with Crippen LogP contribution >= 0.6 is 0 Å². The Bertz CT molecular complexity index is 2340. The Labute approximate surface area is 237 Å². The second kappa shape index (κ2) is 9.00. The fourth-order valence-corrected chi connectivity index (χ4v) is 6.10. The second-order valence-electron chi connectivity index (χ2n) is 10.4. The fraction of sp³-hybridized carbons (Fsp3) is 0. The molecule has 0 atom stereocenters. The lowest BCUT2D eigenvalue weighted by atomic mass is 9.97. The Morgan fingerprint density at radius 3 is 2.12 bits per heavy atom. The van der Waals surface area contributed by atoms with Gasteiger partial charge in [-0.25, -0.2) is 9.97 Å². The quantitative estimate of drug-likeness (QED) is 0.215. The molecule has 0 N–H and O–H groups in total. The molecule has 3 aromatic heterocycles. The molecule has 0 radical (unpaired) electrons. The molecule has 0 aliphatic carbocycles. The van der Waals surface area contributed by atoms with Crippen molar-refractivity contribution in [2.75, 3.05) is 0 Å². The van der Waals surface area contributed by atoms with E-state index in [9.17, 15) is 0 Å². The van der Waals surface area contributed by atoms with Gasteiger partial charge < -0.3 is 0 Å².